The van der Waals surface area contributed by atoms with Gasteiger partial charge in [-0.15, -0.1) is 0 Å². The molecule has 0 saturated heterocycles. The number of likely N-dealkylation sites (N-methyl/N-ethyl adjacent to an activating group) is 1. The van der Waals surface area contributed by atoms with Crippen LogP contribution >= 0.6 is 7.82 Å². The maximum absolute atomic E-state index is 12.2. The Bertz CT molecular complexity index is 727. The lowest BCUT2D eigenvalue weighted by Crippen LogP contribution is -2.37. The van der Waals surface area contributed by atoms with Gasteiger partial charge >= 0.3 is 19.8 Å². The summed E-state index contributed by atoms with van der Waals surface area (Å²) in [5.41, 5.74) is 0. The van der Waals surface area contributed by atoms with Gasteiger partial charge in [0.2, 0.25) is 0 Å². The minimum absolute atomic E-state index is 0.000973. The van der Waals surface area contributed by atoms with Gasteiger partial charge in [0, 0.05) is 19.3 Å². The second kappa shape index (κ2) is 25.2. The van der Waals surface area contributed by atoms with Crippen LogP contribution in [0.1, 0.15) is 122 Å². The van der Waals surface area contributed by atoms with Crippen LogP contribution < -0.4 is 0 Å². The molecule has 0 aliphatic rings. The molecule has 11 heteroatoms. The number of rotatable bonds is 29. The molecule has 0 fully saturated rings. The number of quaternary nitrogens is 1. The van der Waals surface area contributed by atoms with Crippen molar-refractivity contribution in [2.24, 2.45) is 0 Å². The Morgan fingerprint density at radius 2 is 1.27 bits per heavy atom. The maximum Gasteiger partial charge on any atom is 0.472 e. The molecule has 2 atom stereocenters. The number of phosphoric acid groups is 1. The van der Waals surface area contributed by atoms with Gasteiger partial charge in [0.25, 0.3) is 0 Å². The highest BCUT2D eigenvalue weighted by Crippen LogP contribution is 2.43. The first-order valence-electron chi connectivity index (χ1n) is 15.7. The van der Waals surface area contributed by atoms with Gasteiger partial charge in [0.05, 0.1) is 27.7 Å². The fraction of sp³-hybridized carbons (Fsp3) is 0.900. The van der Waals surface area contributed by atoms with E-state index in [4.69, 9.17) is 18.5 Å². The number of esters is 2. The van der Waals surface area contributed by atoms with Crippen LogP contribution in [-0.2, 0) is 37.5 Å². The van der Waals surface area contributed by atoms with Crippen LogP contribution in [0.2, 0.25) is 0 Å². The largest absolute Gasteiger partial charge is 0.472 e. The summed E-state index contributed by atoms with van der Waals surface area (Å²) in [6.07, 6.45) is 17.6. The van der Waals surface area contributed by atoms with Crippen LogP contribution in [0.15, 0.2) is 0 Å². The summed E-state index contributed by atoms with van der Waals surface area (Å²) in [5, 5.41) is 0. The summed E-state index contributed by atoms with van der Waals surface area (Å²) >= 11 is 0. The van der Waals surface area contributed by atoms with Gasteiger partial charge in [0.15, 0.2) is 6.10 Å². The number of unbranched alkanes of at least 4 members (excludes halogenated alkanes) is 14. The summed E-state index contributed by atoms with van der Waals surface area (Å²) < 4.78 is 33.3. The zero-order valence-electron chi connectivity index (χ0n) is 26.3. The highest BCUT2D eigenvalue weighted by Gasteiger charge is 2.27. The van der Waals surface area contributed by atoms with Crippen molar-refractivity contribution in [3.8, 4) is 0 Å². The molecular formula is C30H59NO9P+. The molecule has 0 aromatic rings. The molecule has 0 spiro atoms. The fourth-order valence-corrected chi connectivity index (χ4v) is 4.80. The number of nitrogens with zero attached hydrogens (tertiary/aromatic N) is 1. The molecule has 10 nitrogen and oxygen atoms in total. The standard InChI is InChI=1S/C30H58NO9P/c1-5-6-7-8-9-10-11-12-13-14-15-16-17-18-21-29(33)37-26-28(40-30(34)22-19-20-24-32)27-39-41(35,36)38-25-23-31(2,3)4/h24,28H,5-23,25-27H2,1-4H3/p+1. The average molecular weight is 609 g/mol. The van der Waals surface area contributed by atoms with E-state index in [0.717, 1.165) is 19.3 Å². The van der Waals surface area contributed by atoms with E-state index in [1.54, 1.807) is 0 Å². The molecule has 0 saturated carbocycles. The van der Waals surface area contributed by atoms with E-state index in [0.29, 0.717) is 23.7 Å². The minimum atomic E-state index is -4.38. The Morgan fingerprint density at radius 3 is 1.78 bits per heavy atom. The highest BCUT2D eigenvalue weighted by molar-refractivity contribution is 7.47. The van der Waals surface area contributed by atoms with Crippen molar-refractivity contribution < 1.29 is 46.8 Å². The third-order valence-electron chi connectivity index (χ3n) is 6.61. The van der Waals surface area contributed by atoms with Crippen LogP contribution in [-0.4, -0.2) is 81.2 Å². The SMILES string of the molecule is CCCCCCCCCCCCCCCCC(=O)OCC(COP(=O)(O)OCC[N+](C)(C)C)OC(=O)CCCC=O. The summed E-state index contributed by atoms with van der Waals surface area (Å²) in [4.78, 5) is 44.8. The van der Waals surface area contributed by atoms with Gasteiger partial charge in [-0.2, -0.15) is 0 Å². The van der Waals surface area contributed by atoms with Crippen molar-refractivity contribution in [1.82, 2.24) is 0 Å². The Labute approximate surface area is 249 Å². The zero-order valence-corrected chi connectivity index (χ0v) is 27.2. The molecule has 0 amide bonds. The third kappa shape index (κ3) is 28.6. The first-order valence-corrected chi connectivity index (χ1v) is 17.2. The molecule has 0 radical (unpaired) electrons. The van der Waals surface area contributed by atoms with Crippen molar-refractivity contribution in [1.29, 1.82) is 0 Å². The molecule has 0 bridgehead atoms. The monoisotopic (exact) mass is 608 g/mol. The zero-order chi connectivity index (χ0) is 30.8. The second-order valence-electron chi connectivity index (χ2n) is 11.8. The first-order chi connectivity index (χ1) is 19.5. The molecule has 2 unspecified atom stereocenters. The van der Waals surface area contributed by atoms with Crippen LogP contribution in [0.4, 0.5) is 0 Å². The van der Waals surface area contributed by atoms with Gasteiger partial charge in [-0.1, -0.05) is 90.4 Å². The van der Waals surface area contributed by atoms with Crippen LogP contribution in [0, 0.1) is 0 Å². The molecule has 0 aliphatic heterocycles. The van der Waals surface area contributed by atoms with Crippen LogP contribution in [0.5, 0.6) is 0 Å². The highest BCUT2D eigenvalue weighted by atomic mass is 31.2. The van der Waals surface area contributed by atoms with E-state index < -0.39 is 32.5 Å². The topological polar surface area (TPSA) is 125 Å². The molecule has 1 N–H and O–H groups in total. The fourth-order valence-electron chi connectivity index (χ4n) is 4.06. The van der Waals surface area contributed by atoms with E-state index >= 15 is 0 Å². The third-order valence-corrected chi connectivity index (χ3v) is 7.59. The van der Waals surface area contributed by atoms with Crippen molar-refractivity contribution >= 4 is 26.0 Å². The van der Waals surface area contributed by atoms with E-state index in [1.807, 2.05) is 21.1 Å². The summed E-state index contributed by atoms with van der Waals surface area (Å²) in [7, 11) is 1.37. The predicted octanol–water partition coefficient (Wildman–Crippen LogP) is 6.52. The van der Waals surface area contributed by atoms with Crippen molar-refractivity contribution in [3.05, 3.63) is 0 Å². The normalized spacial score (nSPS) is 13.9. The average Bonchev–Trinajstić information content (AvgIpc) is 2.89. The van der Waals surface area contributed by atoms with Crippen molar-refractivity contribution in [2.45, 2.75) is 129 Å². The number of phosphoric ester groups is 1. The van der Waals surface area contributed by atoms with E-state index in [9.17, 15) is 23.8 Å². The maximum atomic E-state index is 12.2. The van der Waals surface area contributed by atoms with E-state index in [-0.39, 0.29) is 32.5 Å². The lowest BCUT2D eigenvalue weighted by atomic mass is 10.0. The molecular weight excluding hydrogens is 549 g/mol. The Morgan fingerprint density at radius 1 is 0.756 bits per heavy atom. The summed E-state index contributed by atoms with van der Waals surface area (Å²) in [6.45, 7) is 1.97. The molecule has 41 heavy (non-hydrogen) atoms. The molecule has 0 rings (SSSR count). The van der Waals surface area contributed by atoms with Crippen molar-refractivity contribution in [3.63, 3.8) is 0 Å². The number of carbonyl (C=O) groups excluding carboxylic acids is 3. The number of aldehydes is 1. The number of hydrogen-bond acceptors (Lipinski definition) is 8. The number of carbonyl (C=O) groups is 3. The molecule has 0 heterocycles. The molecule has 0 aromatic carbocycles. The van der Waals surface area contributed by atoms with Crippen molar-refractivity contribution in [2.75, 3.05) is 47.5 Å². The lowest BCUT2D eigenvalue weighted by molar-refractivity contribution is -0.870. The first kappa shape index (κ1) is 39.7. The van der Waals surface area contributed by atoms with Crippen LogP contribution in [0.3, 0.4) is 0 Å². The second-order valence-corrected chi connectivity index (χ2v) is 13.3. The molecule has 0 aromatic heterocycles. The number of ether oxygens (including phenoxy) is 2. The quantitative estimate of drug-likeness (QED) is 0.0332. The van der Waals surface area contributed by atoms with Gasteiger partial charge in [-0.25, -0.2) is 4.57 Å². The molecule has 242 valence electrons. The smallest absolute Gasteiger partial charge is 0.462 e. The Hall–Kier alpha value is -1.32. The predicted molar refractivity (Wildman–Crippen MR) is 160 cm³/mol. The Balaban J connectivity index is 4.23. The van der Waals surface area contributed by atoms with Crippen LogP contribution in [0.25, 0.3) is 0 Å². The lowest BCUT2D eigenvalue weighted by Gasteiger charge is -2.24. The molecule has 0 aliphatic carbocycles. The summed E-state index contributed by atoms with van der Waals surface area (Å²) in [5.74, 6) is -1.03. The Kier molecular flexibility index (Phi) is 24.4. The number of hydrogen-bond donors (Lipinski definition) is 1. The van der Waals surface area contributed by atoms with Gasteiger partial charge in [-0.3, -0.25) is 18.6 Å². The van der Waals surface area contributed by atoms with Gasteiger partial charge in [-0.05, 0) is 12.8 Å². The van der Waals surface area contributed by atoms with E-state index in [2.05, 4.69) is 6.92 Å². The van der Waals surface area contributed by atoms with E-state index in [1.165, 1.54) is 70.6 Å². The van der Waals surface area contributed by atoms with Gasteiger partial charge in [0.1, 0.15) is 26.0 Å². The van der Waals surface area contributed by atoms with Gasteiger partial charge < -0.3 is 23.6 Å². The minimum Gasteiger partial charge on any atom is -0.462 e. The summed E-state index contributed by atoms with van der Waals surface area (Å²) in [6, 6.07) is 0.